The van der Waals surface area contributed by atoms with Crippen molar-refractivity contribution in [1.82, 2.24) is 5.32 Å². The van der Waals surface area contributed by atoms with Crippen LogP contribution in [0.3, 0.4) is 0 Å². The normalized spacial score (nSPS) is 10.2. The van der Waals surface area contributed by atoms with E-state index >= 15 is 0 Å². The fourth-order valence-corrected chi connectivity index (χ4v) is 3.08. The summed E-state index contributed by atoms with van der Waals surface area (Å²) in [5.41, 5.74) is 2.03. The molecule has 0 bridgehead atoms. The van der Waals surface area contributed by atoms with Crippen LogP contribution in [0.5, 0.6) is 5.75 Å². The maximum atomic E-state index is 12.7. The first kappa shape index (κ1) is 23.0. The lowest BCUT2D eigenvalue weighted by molar-refractivity contribution is 0.0976. The summed E-state index contributed by atoms with van der Waals surface area (Å²) in [7, 11) is 0. The molecule has 0 radical (unpaired) electrons. The number of hydrogen-bond acceptors (Lipinski definition) is 4. The van der Waals surface area contributed by atoms with Crippen molar-refractivity contribution in [2.75, 3.05) is 17.2 Å². The fraction of sp³-hybridized carbons (Fsp3) is 0.160. The van der Waals surface area contributed by atoms with Crippen molar-refractivity contribution in [3.8, 4) is 5.75 Å². The van der Waals surface area contributed by atoms with Gasteiger partial charge in [0.1, 0.15) is 5.75 Å². The topological polar surface area (TPSA) is 79.5 Å². The minimum absolute atomic E-state index is 0.0956. The van der Waals surface area contributed by atoms with Gasteiger partial charge in [0.2, 0.25) is 0 Å². The summed E-state index contributed by atoms with van der Waals surface area (Å²) >= 11 is 5.29. The first-order valence-corrected chi connectivity index (χ1v) is 10.8. The van der Waals surface area contributed by atoms with E-state index in [1.165, 1.54) is 0 Å². The van der Waals surface area contributed by atoms with Crippen molar-refractivity contribution < 1.29 is 14.3 Å². The Balaban J connectivity index is 1.60. The van der Waals surface area contributed by atoms with E-state index in [0.717, 1.165) is 12.8 Å². The fourth-order valence-electron chi connectivity index (χ4n) is 2.88. The Bertz CT molecular complexity index is 1070. The van der Waals surface area contributed by atoms with E-state index < -0.39 is 0 Å². The van der Waals surface area contributed by atoms with Gasteiger partial charge in [0.15, 0.2) is 5.11 Å². The lowest BCUT2D eigenvalue weighted by atomic mass is 10.1. The third-order valence-corrected chi connectivity index (χ3v) is 4.77. The molecule has 0 aromatic heterocycles. The summed E-state index contributed by atoms with van der Waals surface area (Å²) in [6, 6.07) is 23.0. The number of benzene rings is 3. The zero-order valence-corrected chi connectivity index (χ0v) is 18.6. The number of carbonyl (C=O) groups is 2. The summed E-state index contributed by atoms with van der Waals surface area (Å²) in [6.45, 7) is 2.75. The number of ether oxygens (including phenoxy) is 1. The molecular weight excluding hydrogens is 422 g/mol. The molecule has 3 rings (SSSR count). The summed E-state index contributed by atoms with van der Waals surface area (Å²) < 4.78 is 5.61. The second-order valence-electron chi connectivity index (χ2n) is 7.00. The first-order valence-electron chi connectivity index (χ1n) is 10.4. The Labute approximate surface area is 193 Å². The first-order chi connectivity index (χ1) is 15.6. The van der Waals surface area contributed by atoms with Gasteiger partial charge in [-0.3, -0.25) is 14.9 Å². The van der Waals surface area contributed by atoms with Gasteiger partial charge in [-0.1, -0.05) is 43.7 Å². The highest BCUT2D eigenvalue weighted by molar-refractivity contribution is 7.80. The Morgan fingerprint density at radius 2 is 1.53 bits per heavy atom. The second-order valence-corrected chi connectivity index (χ2v) is 7.41. The molecule has 0 saturated carbocycles. The lowest BCUT2D eigenvalue weighted by Crippen LogP contribution is -2.34. The van der Waals surface area contributed by atoms with Gasteiger partial charge in [0.05, 0.1) is 17.9 Å². The van der Waals surface area contributed by atoms with Crippen molar-refractivity contribution in [1.29, 1.82) is 0 Å². The molecule has 3 aromatic carbocycles. The van der Waals surface area contributed by atoms with E-state index in [2.05, 4.69) is 22.9 Å². The smallest absolute Gasteiger partial charge is 0.257 e. The molecule has 7 heteroatoms. The third-order valence-electron chi connectivity index (χ3n) is 4.56. The molecule has 0 atom stereocenters. The maximum absolute atomic E-state index is 12.7. The maximum Gasteiger partial charge on any atom is 0.257 e. The summed E-state index contributed by atoms with van der Waals surface area (Å²) in [4.78, 5) is 25.2. The average molecular weight is 448 g/mol. The zero-order valence-electron chi connectivity index (χ0n) is 17.8. The largest absolute Gasteiger partial charge is 0.494 e. The summed E-state index contributed by atoms with van der Waals surface area (Å²) in [5.74, 6) is 0.0787. The molecule has 3 N–H and O–H groups in total. The molecule has 0 heterocycles. The van der Waals surface area contributed by atoms with E-state index in [0.29, 0.717) is 34.9 Å². The van der Waals surface area contributed by atoms with Crippen molar-refractivity contribution in [3.05, 3.63) is 90.0 Å². The number of thiocarbonyl (C=S) groups is 1. The predicted molar refractivity (Wildman–Crippen MR) is 131 cm³/mol. The highest BCUT2D eigenvalue weighted by Crippen LogP contribution is 2.18. The van der Waals surface area contributed by atoms with Crippen molar-refractivity contribution in [3.63, 3.8) is 0 Å². The van der Waals surface area contributed by atoms with Crippen LogP contribution in [0.2, 0.25) is 0 Å². The summed E-state index contributed by atoms with van der Waals surface area (Å²) in [5, 5.41) is 8.51. The van der Waals surface area contributed by atoms with Crippen molar-refractivity contribution >= 4 is 40.5 Å². The van der Waals surface area contributed by atoms with Gasteiger partial charge in [0.25, 0.3) is 11.8 Å². The molecule has 32 heavy (non-hydrogen) atoms. The number of carbonyl (C=O) groups excluding carboxylic acids is 2. The second kappa shape index (κ2) is 11.6. The molecule has 0 spiro atoms. The van der Waals surface area contributed by atoms with Crippen LogP contribution in [0.25, 0.3) is 0 Å². The minimum Gasteiger partial charge on any atom is -0.494 e. The minimum atomic E-state index is -0.353. The number of rotatable bonds is 8. The average Bonchev–Trinajstić information content (AvgIpc) is 2.80. The molecule has 0 aliphatic rings. The zero-order chi connectivity index (χ0) is 22.8. The van der Waals surface area contributed by atoms with Gasteiger partial charge < -0.3 is 15.4 Å². The molecule has 0 aliphatic carbocycles. The van der Waals surface area contributed by atoms with Crippen LogP contribution in [0.15, 0.2) is 78.9 Å². The van der Waals surface area contributed by atoms with Gasteiger partial charge in [-0.25, -0.2) is 0 Å². The van der Waals surface area contributed by atoms with Gasteiger partial charge >= 0.3 is 0 Å². The SMILES string of the molecule is CCCCOc1ccc(C(=O)NC(=S)Nc2ccccc2C(=O)Nc2ccccc2)cc1. The van der Waals surface area contributed by atoms with E-state index in [1.54, 1.807) is 60.7 Å². The van der Waals surface area contributed by atoms with Gasteiger partial charge in [-0.05, 0) is 67.2 Å². The van der Waals surface area contributed by atoms with Gasteiger partial charge in [0, 0.05) is 11.3 Å². The highest BCUT2D eigenvalue weighted by Gasteiger charge is 2.14. The van der Waals surface area contributed by atoms with Crippen LogP contribution in [-0.4, -0.2) is 23.5 Å². The molecule has 0 unspecified atom stereocenters. The van der Waals surface area contributed by atoms with Crippen molar-refractivity contribution in [2.45, 2.75) is 19.8 Å². The number of hydrogen-bond donors (Lipinski definition) is 3. The number of unbranched alkanes of at least 4 members (excludes halogenated alkanes) is 1. The standard InChI is InChI=1S/C25H25N3O3S/c1-2-3-17-31-20-15-13-18(14-16-20)23(29)28-25(32)27-22-12-8-7-11-21(22)24(30)26-19-9-5-4-6-10-19/h4-16H,2-3,17H2,1H3,(H,26,30)(H2,27,28,29,32). The molecule has 2 amide bonds. The van der Waals surface area contributed by atoms with Crippen molar-refractivity contribution in [2.24, 2.45) is 0 Å². The predicted octanol–water partition coefficient (Wildman–Crippen LogP) is 5.24. The Morgan fingerprint density at radius 3 is 2.25 bits per heavy atom. The molecule has 0 fully saturated rings. The molecule has 3 aromatic rings. The Morgan fingerprint density at radius 1 is 0.844 bits per heavy atom. The van der Waals surface area contributed by atoms with Crippen LogP contribution in [-0.2, 0) is 0 Å². The van der Waals surface area contributed by atoms with E-state index in [4.69, 9.17) is 17.0 Å². The molecule has 164 valence electrons. The monoisotopic (exact) mass is 447 g/mol. The molecular formula is C25H25N3O3S. The number of nitrogens with one attached hydrogen (secondary N) is 3. The van der Waals surface area contributed by atoms with E-state index in [-0.39, 0.29) is 16.9 Å². The van der Waals surface area contributed by atoms with Gasteiger partial charge in [-0.2, -0.15) is 0 Å². The number of para-hydroxylation sites is 2. The Kier molecular flexibility index (Phi) is 8.34. The van der Waals surface area contributed by atoms with Crippen LogP contribution in [0.1, 0.15) is 40.5 Å². The van der Waals surface area contributed by atoms with Crippen LogP contribution in [0.4, 0.5) is 11.4 Å². The van der Waals surface area contributed by atoms with E-state index in [9.17, 15) is 9.59 Å². The lowest BCUT2D eigenvalue weighted by Gasteiger charge is -2.14. The van der Waals surface area contributed by atoms with Crippen LogP contribution >= 0.6 is 12.2 Å². The third kappa shape index (κ3) is 6.65. The molecule has 0 saturated heterocycles. The molecule has 6 nitrogen and oxygen atoms in total. The number of amides is 2. The molecule has 0 aliphatic heterocycles. The number of anilines is 2. The quantitative estimate of drug-likeness (QED) is 0.325. The van der Waals surface area contributed by atoms with Crippen LogP contribution < -0.4 is 20.7 Å². The van der Waals surface area contributed by atoms with Crippen LogP contribution in [0, 0.1) is 0 Å². The van der Waals surface area contributed by atoms with Gasteiger partial charge in [-0.15, -0.1) is 0 Å². The highest BCUT2D eigenvalue weighted by atomic mass is 32.1. The summed E-state index contributed by atoms with van der Waals surface area (Å²) in [6.07, 6.45) is 2.04. The Hall–Kier alpha value is -3.71. The van der Waals surface area contributed by atoms with E-state index in [1.807, 2.05) is 18.2 Å².